The van der Waals surface area contributed by atoms with Crippen LogP contribution in [0, 0.1) is 6.92 Å². The predicted octanol–water partition coefficient (Wildman–Crippen LogP) is 4.97. The first-order valence-electron chi connectivity index (χ1n) is 8.46. The van der Waals surface area contributed by atoms with Gasteiger partial charge in [0, 0.05) is 27.8 Å². The van der Waals surface area contributed by atoms with E-state index in [1.807, 2.05) is 53.3 Å². The van der Waals surface area contributed by atoms with Gasteiger partial charge in [0.1, 0.15) is 5.75 Å². The van der Waals surface area contributed by atoms with Crippen LogP contribution in [0.4, 0.5) is 16.9 Å². The average Bonchev–Trinajstić information content (AvgIpc) is 3.26. The molecule has 0 bridgehead atoms. The van der Waals surface area contributed by atoms with Crippen LogP contribution >= 0.6 is 27.3 Å². The van der Waals surface area contributed by atoms with Crippen LogP contribution in [-0.2, 0) is 6.54 Å². The van der Waals surface area contributed by atoms with Crippen LogP contribution in [0.2, 0.25) is 0 Å². The molecule has 0 aliphatic heterocycles. The van der Waals surface area contributed by atoms with Crippen LogP contribution in [0.15, 0.2) is 58.6 Å². The summed E-state index contributed by atoms with van der Waals surface area (Å²) in [5.74, 6) is 2.41. The third-order valence-electron chi connectivity index (χ3n) is 3.97. The first kappa shape index (κ1) is 18.5. The molecular weight excluding hydrogens is 440 g/mol. The van der Waals surface area contributed by atoms with E-state index in [-0.39, 0.29) is 0 Å². The van der Waals surface area contributed by atoms with Crippen LogP contribution in [0.1, 0.15) is 11.4 Å². The second-order valence-electron chi connectivity index (χ2n) is 6.03. The summed E-state index contributed by atoms with van der Waals surface area (Å²) in [6, 6.07) is 11.4. The van der Waals surface area contributed by atoms with E-state index in [0.29, 0.717) is 24.1 Å². The Morgan fingerprint density at radius 3 is 2.79 bits per heavy atom. The number of pyridine rings is 1. The molecule has 0 radical (unpaired) electrons. The molecule has 142 valence electrons. The van der Waals surface area contributed by atoms with Crippen LogP contribution in [0.3, 0.4) is 0 Å². The largest absolute Gasteiger partial charge is 0.453 e. The maximum atomic E-state index is 5.98. The lowest BCUT2D eigenvalue weighted by atomic mass is 10.3. The SMILES string of the molecule is Cc1cnc(N)n1Cc1csc(Nc2ncc(Br)cc2Oc2ccccc2)n1. The van der Waals surface area contributed by atoms with Gasteiger partial charge in [0.25, 0.3) is 0 Å². The number of imidazole rings is 1. The minimum absolute atomic E-state index is 0.480. The third-order valence-corrected chi connectivity index (χ3v) is 5.21. The summed E-state index contributed by atoms with van der Waals surface area (Å²) in [4.78, 5) is 13.2. The summed E-state index contributed by atoms with van der Waals surface area (Å²) in [5.41, 5.74) is 7.79. The molecule has 0 amide bonds. The van der Waals surface area contributed by atoms with E-state index in [2.05, 4.69) is 36.2 Å². The molecule has 7 nitrogen and oxygen atoms in total. The van der Waals surface area contributed by atoms with Crippen LogP contribution < -0.4 is 15.8 Å². The van der Waals surface area contributed by atoms with Crippen molar-refractivity contribution in [2.45, 2.75) is 13.5 Å². The highest BCUT2D eigenvalue weighted by Gasteiger charge is 2.12. The summed E-state index contributed by atoms with van der Waals surface area (Å²) in [6.07, 6.45) is 3.46. The minimum Gasteiger partial charge on any atom is -0.453 e. The number of para-hydroxylation sites is 1. The maximum absolute atomic E-state index is 5.98. The lowest BCUT2D eigenvalue weighted by Gasteiger charge is -2.11. The fourth-order valence-corrected chi connectivity index (χ4v) is 3.60. The van der Waals surface area contributed by atoms with Crippen molar-refractivity contribution in [2.24, 2.45) is 0 Å². The van der Waals surface area contributed by atoms with E-state index in [1.165, 1.54) is 11.3 Å². The number of nitrogen functional groups attached to an aromatic ring is 1. The van der Waals surface area contributed by atoms with E-state index in [1.54, 1.807) is 12.4 Å². The molecule has 3 N–H and O–H groups in total. The van der Waals surface area contributed by atoms with Crippen LogP contribution in [0.25, 0.3) is 0 Å². The molecule has 4 aromatic rings. The van der Waals surface area contributed by atoms with Crippen molar-refractivity contribution in [3.8, 4) is 11.5 Å². The Labute approximate surface area is 174 Å². The molecule has 0 unspecified atom stereocenters. The van der Waals surface area contributed by atoms with Gasteiger partial charge in [0.05, 0.1) is 18.4 Å². The highest BCUT2D eigenvalue weighted by atomic mass is 79.9. The van der Waals surface area contributed by atoms with Gasteiger partial charge >= 0.3 is 0 Å². The van der Waals surface area contributed by atoms with Gasteiger partial charge < -0.3 is 20.4 Å². The topological polar surface area (TPSA) is 90.9 Å². The van der Waals surface area contributed by atoms with Crippen molar-refractivity contribution in [1.29, 1.82) is 0 Å². The molecule has 0 saturated heterocycles. The Morgan fingerprint density at radius 2 is 2.04 bits per heavy atom. The van der Waals surface area contributed by atoms with Gasteiger partial charge in [-0.25, -0.2) is 15.0 Å². The quantitative estimate of drug-likeness (QED) is 0.425. The van der Waals surface area contributed by atoms with Gasteiger partial charge in [-0.3, -0.25) is 0 Å². The number of benzene rings is 1. The Bertz CT molecular complexity index is 1080. The second-order valence-corrected chi connectivity index (χ2v) is 7.80. The normalized spacial score (nSPS) is 10.8. The molecule has 0 fully saturated rings. The molecule has 3 aromatic heterocycles. The molecule has 0 saturated carbocycles. The Hall–Kier alpha value is -2.91. The standard InChI is InChI=1S/C19H17BrN6OS/c1-12-8-23-18(21)26(12)10-14-11-28-19(24-14)25-17-16(7-13(20)9-22-17)27-15-5-3-2-4-6-15/h2-9,11H,10H2,1H3,(H2,21,23)(H,22,24,25). The molecule has 0 aliphatic carbocycles. The van der Waals surface area contributed by atoms with Gasteiger partial charge in [-0.2, -0.15) is 0 Å². The minimum atomic E-state index is 0.480. The fourth-order valence-electron chi connectivity index (χ4n) is 2.59. The first-order chi connectivity index (χ1) is 13.6. The van der Waals surface area contributed by atoms with Crippen molar-refractivity contribution in [1.82, 2.24) is 19.5 Å². The first-order valence-corrected chi connectivity index (χ1v) is 10.1. The monoisotopic (exact) mass is 456 g/mol. The molecule has 0 atom stereocenters. The summed E-state index contributed by atoms with van der Waals surface area (Å²) in [6.45, 7) is 2.53. The third kappa shape index (κ3) is 4.15. The van der Waals surface area contributed by atoms with Gasteiger partial charge in [-0.15, -0.1) is 11.3 Å². The van der Waals surface area contributed by atoms with Crippen molar-refractivity contribution in [3.63, 3.8) is 0 Å². The second kappa shape index (κ2) is 7.99. The number of nitrogens with zero attached hydrogens (tertiary/aromatic N) is 4. The van der Waals surface area contributed by atoms with Gasteiger partial charge in [-0.1, -0.05) is 18.2 Å². The number of aryl methyl sites for hydroxylation is 1. The van der Waals surface area contributed by atoms with Crippen LogP contribution in [0.5, 0.6) is 11.5 Å². The number of hydrogen-bond acceptors (Lipinski definition) is 7. The number of aromatic nitrogens is 4. The highest BCUT2D eigenvalue weighted by Crippen LogP contribution is 2.33. The van der Waals surface area contributed by atoms with Crippen molar-refractivity contribution in [3.05, 3.63) is 70.0 Å². The van der Waals surface area contributed by atoms with Crippen molar-refractivity contribution < 1.29 is 4.74 Å². The van der Waals surface area contributed by atoms with E-state index in [9.17, 15) is 0 Å². The lowest BCUT2D eigenvalue weighted by molar-refractivity contribution is 0.482. The van der Waals surface area contributed by atoms with Gasteiger partial charge in [0.15, 0.2) is 16.7 Å². The molecule has 0 spiro atoms. The Kier molecular flexibility index (Phi) is 5.27. The average molecular weight is 457 g/mol. The zero-order valence-electron chi connectivity index (χ0n) is 15.0. The zero-order chi connectivity index (χ0) is 19.5. The molecular formula is C19H17BrN6OS. The number of ether oxygens (including phenoxy) is 1. The van der Waals surface area contributed by atoms with E-state index in [0.717, 1.165) is 26.7 Å². The van der Waals surface area contributed by atoms with Crippen LogP contribution in [-0.4, -0.2) is 19.5 Å². The summed E-state index contributed by atoms with van der Waals surface area (Å²) < 4.78 is 8.72. The Morgan fingerprint density at radius 1 is 1.21 bits per heavy atom. The zero-order valence-corrected chi connectivity index (χ0v) is 17.4. The number of thiazole rings is 1. The molecule has 9 heteroatoms. The predicted molar refractivity (Wildman–Crippen MR) is 114 cm³/mol. The molecule has 28 heavy (non-hydrogen) atoms. The van der Waals surface area contributed by atoms with Crippen molar-refractivity contribution >= 4 is 44.2 Å². The molecule has 1 aromatic carbocycles. The van der Waals surface area contributed by atoms with E-state index < -0.39 is 0 Å². The van der Waals surface area contributed by atoms with Gasteiger partial charge in [-0.05, 0) is 35.0 Å². The molecule has 4 rings (SSSR count). The number of halogens is 1. The van der Waals surface area contributed by atoms with Gasteiger partial charge in [0.2, 0.25) is 5.95 Å². The molecule has 3 heterocycles. The number of hydrogen-bond donors (Lipinski definition) is 2. The number of rotatable bonds is 6. The maximum Gasteiger partial charge on any atom is 0.200 e. The van der Waals surface area contributed by atoms with Crippen molar-refractivity contribution in [2.75, 3.05) is 11.1 Å². The summed E-state index contributed by atoms with van der Waals surface area (Å²) in [5, 5.41) is 5.95. The fraction of sp³-hybridized carbons (Fsp3) is 0.105. The lowest BCUT2D eigenvalue weighted by Crippen LogP contribution is -2.06. The number of nitrogens with two attached hydrogens (primary N) is 1. The number of nitrogens with one attached hydrogen (secondary N) is 1. The Balaban J connectivity index is 1.54. The summed E-state index contributed by atoms with van der Waals surface area (Å²) in [7, 11) is 0. The summed E-state index contributed by atoms with van der Waals surface area (Å²) >= 11 is 4.94. The smallest absolute Gasteiger partial charge is 0.200 e. The van der Waals surface area contributed by atoms with E-state index >= 15 is 0 Å². The number of anilines is 3. The highest BCUT2D eigenvalue weighted by molar-refractivity contribution is 9.10. The van der Waals surface area contributed by atoms with E-state index in [4.69, 9.17) is 10.5 Å². The molecule has 0 aliphatic rings.